The Balaban J connectivity index is 1.82. The van der Waals surface area contributed by atoms with Gasteiger partial charge in [-0.2, -0.15) is 0 Å². The van der Waals surface area contributed by atoms with E-state index in [9.17, 15) is 24.3 Å². The van der Waals surface area contributed by atoms with Crippen LogP contribution in [0.15, 0.2) is 24.3 Å². The number of rotatable bonds is 9. The Hall–Kier alpha value is -3.14. The van der Waals surface area contributed by atoms with E-state index >= 15 is 0 Å². The van der Waals surface area contributed by atoms with E-state index in [-0.39, 0.29) is 24.8 Å². The summed E-state index contributed by atoms with van der Waals surface area (Å²) in [6.45, 7) is 5.41. The second kappa shape index (κ2) is 11.3. The number of methoxy groups -OCH3 is 1. The van der Waals surface area contributed by atoms with Crippen LogP contribution >= 0.6 is 0 Å². The van der Waals surface area contributed by atoms with Crippen molar-refractivity contribution in [1.82, 2.24) is 20.4 Å². The van der Waals surface area contributed by atoms with Gasteiger partial charge in [0.05, 0.1) is 13.7 Å². The summed E-state index contributed by atoms with van der Waals surface area (Å²) in [5, 5.41) is 14.5. The Labute approximate surface area is 181 Å². The summed E-state index contributed by atoms with van der Waals surface area (Å²) < 4.78 is 5.08. The predicted octanol–water partition coefficient (Wildman–Crippen LogP) is -0.524. The summed E-state index contributed by atoms with van der Waals surface area (Å²) in [6.07, 6.45) is 0.103. The lowest BCUT2D eigenvalue weighted by Gasteiger charge is -2.33. The summed E-state index contributed by atoms with van der Waals surface area (Å²) in [5.74, 6) is -1.40. The first-order valence-corrected chi connectivity index (χ1v) is 10.1. The molecule has 0 saturated carbocycles. The van der Waals surface area contributed by atoms with E-state index in [1.54, 1.807) is 29.2 Å². The van der Waals surface area contributed by atoms with Gasteiger partial charge >= 0.3 is 5.97 Å². The van der Waals surface area contributed by atoms with Crippen LogP contribution in [0.3, 0.4) is 0 Å². The lowest BCUT2D eigenvalue weighted by atomic mass is 10.1. The van der Waals surface area contributed by atoms with Gasteiger partial charge in [-0.1, -0.05) is 12.1 Å². The van der Waals surface area contributed by atoms with E-state index in [1.165, 1.54) is 21.0 Å². The van der Waals surface area contributed by atoms with E-state index in [0.29, 0.717) is 31.9 Å². The van der Waals surface area contributed by atoms with Gasteiger partial charge in [-0.3, -0.25) is 19.3 Å². The van der Waals surface area contributed by atoms with Crippen molar-refractivity contribution in [2.24, 2.45) is 0 Å². The normalized spacial score (nSPS) is 16.2. The summed E-state index contributed by atoms with van der Waals surface area (Å²) in [5.41, 5.74) is 0.731. The van der Waals surface area contributed by atoms with Crippen LogP contribution in [0, 0.1) is 0 Å². The molecule has 31 heavy (non-hydrogen) atoms. The summed E-state index contributed by atoms with van der Waals surface area (Å²) in [7, 11) is 1.54. The molecule has 0 bridgehead atoms. The topological polar surface area (TPSA) is 128 Å². The predicted molar refractivity (Wildman–Crippen MR) is 113 cm³/mol. The fraction of sp³-hybridized carbons (Fsp3) is 0.524. The van der Waals surface area contributed by atoms with Crippen LogP contribution < -0.4 is 15.4 Å². The van der Waals surface area contributed by atoms with Crippen molar-refractivity contribution in [2.75, 3.05) is 39.8 Å². The number of carboxylic acids is 1. The summed E-state index contributed by atoms with van der Waals surface area (Å²) in [6, 6.07) is 4.89. The summed E-state index contributed by atoms with van der Waals surface area (Å²) in [4.78, 5) is 51.3. The van der Waals surface area contributed by atoms with Gasteiger partial charge in [-0.05, 0) is 24.6 Å². The minimum absolute atomic E-state index is 0.0111. The van der Waals surface area contributed by atoms with Crippen molar-refractivity contribution < 1.29 is 29.0 Å². The average Bonchev–Trinajstić information content (AvgIpc) is 2.73. The molecular formula is C21H30N4O6. The van der Waals surface area contributed by atoms with Gasteiger partial charge < -0.3 is 25.4 Å². The number of carboxylic acid groups (broad SMARTS) is 1. The molecule has 1 aliphatic heterocycles. The Morgan fingerprint density at radius 2 is 1.68 bits per heavy atom. The Morgan fingerprint density at radius 1 is 1.06 bits per heavy atom. The molecule has 10 nitrogen and oxygen atoms in total. The van der Waals surface area contributed by atoms with Gasteiger partial charge in [0.1, 0.15) is 17.8 Å². The number of amides is 3. The third kappa shape index (κ3) is 7.56. The second-order valence-electron chi connectivity index (χ2n) is 7.52. The molecule has 0 aliphatic carbocycles. The molecule has 2 atom stereocenters. The molecule has 10 heteroatoms. The lowest BCUT2D eigenvalue weighted by Crippen LogP contribution is -2.54. The molecule has 1 aliphatic rings. The first-order valence-electron chi connectivity index (χ1n) is 10.1. The van der Waals surface area contributed by atoms with E-state index < -0.39 is 24.0 Å². The molecule has 1 fully saturated rings. The molecule has 1 heterocycles. The third-order valence-corrected chi connectivity index (χ3v) is 5.17. The average molecular weight is 434 g/mol. The monoisotopic (exact) mass is 434 g/mol. The molecule has 1 aromatic carbocycles. The third-order valence-electron chi connectivity index (χ3n) is 5.17. The highest BCUT2D eigenvalue weighted by atomic mass is 16.5. The number of carbonyl (C=O) groups is 4. The second-order valence-corrected chi connectivity index (χ2v) is 7.52. The smallest absolute Gasteiger partial charge is 0.326 e. The number of piperazine rings is 1. The molecule has 0 spiro atoms. The SMILES string of the molecule is COc1ccc(C[C@H](NC(=O)[C@H](C)NC(=O)CN2CCN(C(C)=O)CC2)C(=O)O)cc1. The summed E-state index contributed by atoms with van der Waals surface area (Å²) >= 11 is 0. The maximum Gasteiger partial charge on any atom is 0.326 e. The standard InChI is InChI=1S/C21H30N4O6/c1-14(22-19(27)13-24-8-10-25(11-9-24)15(2)26)20(28)23-18(21(29)30)12-16-4-6-17(31-3)7-5-16/h4-7,14,18H,8-13H2,1-3H3,(H,22,27)(H,23,28)(H,29,30)/t14-,18-/m0/s1. The van der Waals surface area contributed by atoms with E-state index in [2.05, 4.69) is 10.6 Å². The lowest BCUT2D eigenvalue weighted by molar-refractivity contribution is -0.142. The number of carbonyl (C=O) groups excluding carboxylic acids is 3. The number of nitrogens with zero attached hydrogens (tertiary/aromatic N) is 2. The number of hydrogen-bond donors (Lipinski definition) is 3. The maximum absolute atomic E-state index is 12.4. The van der Waals surface area contributed by atoms with Crippen molar-refractivity contribution in [3.63, 3.8) is 0 Å². The van der Waals surface area contributed by atoms with Crippen LogP contribution in [0.1, 0.15) is 19.4 Å². The highest BCUT2D eigenvalue weighted by Gasteiger charge is 2.25. The van der Waals surface area contributed by atoms with Gasteiger partial charge in [0, 0.05) is 39.5 Å². The highest BCUT2D eigenvalue weighted by Crippen LogP contribution is 2.13. The van der Waals surface area contributed by atoms with Crippen LogP contribution in [0.25, 0.3) is 0 Å². The largest absolute Gasteiger partial charge is 0.497 e. The Morgan fingerprint density at radius 3 is 2.19 bits per heavy atom. The number of ether oxygens (including phenoxy) is 1. The first kappa shape index (κ1) is 24.1. The molecule has 3 amide bonds. The van der Waals surface area contributed by atoms with Crippen LogP contribution in [-0.4, -0.2) is 90.5 Å². The zero-order valence-corrected chi connectivity index (χ0v) is 18.1. The quantitative estimate of drug-likeness (QED) is 0.477. The molecule has 3 N–H and O–H groups in total. The Bertz CT molecular complexity index is 790. The Kier molecular flexibility index (Phi) is 8.80. The van der Waals surface area contributed by atoms with Crippen LogP contribution in [0.5, 0.6) is 5.75 Å². The molecule has 0 unspecified atom stereocenters. The number of benzene rings is 1. The highest BCUT2D eigenvalue weighted by molar-refractivity contribution is 5.90. The molecule has 0 aromatic heterocycles. The first-order chi connectivity index (χ1) is 14.7. The van der Waals surface area contributed by atoms with Gasteiger partial charge in [0.2, 0.25) is 17.7 Å². The molecule has 170 valence electrons. The van der Waals surface area contributed by atoms with Gasteiger partial charge in [0.15, 0.2) is 0 Å². The molecular weight excluding hydrogens is 404 g/mol. The number of aliphatic carboxylic acids is 1. The van der Waals surface area contributed by atoms with Crippen LogP contribution in [-0.2, 0) is 25.6 Å². The van der Waals surface area contributed by atoms with Gasteiger partial charge in [-0.15, -0.1) is 0 Å². The number of hydrogen-bond acceptors (Lipinski definition) is 6. The van der Waals surface area contributed by atoms with Crippen LogP contribution in [0.2, 0.25) is 0 Å². The van der Waals surface area contributed by atoms with Crippen molar-refractivity contribution in [3.05, 3.63) is 29.8 Å². The van der Waals surface area contributed by atoms with E-state index in [4.69, 9.17) is 4.74 Å². The van der Waals surface area contributed by atoms with Gasteiger partial charge in [-0.25, -0.2) is 4.79 Å². The minimum Gasteiger partial charge on any atom is -0.497 e. The zero-order valence-electron chi connectivity index (χ0n) is 18.1. The molecule has 0 radical (unpaired) electrons. The number of nitrogens with one attached hydrogen (secondary N) is 2. The van der Waals surface area contributed by atoms with Crippen molar-refractivity contribution in [2.45, 2.75) is 32.4 Å². The molecule has 1 saturated heterocycles. The van der Waals surface area contributed by atoms with Crippen molar-refractivity contribution in [1.29, 1.82) is 0 Å². The molecule has 1 aromatic rings. The molecule has 2 rings (SSSR count). The van der Waals surface area contributed by atoms with Crippen LogP contribution in [0.4, 0.5) is 0 Å². The fourth-order valence-electron chi connectivity index (χ4n) is 3.27. The zero-order chi connectivity index (χ0) is 23.0. The van der Waals surface area contributed by atoms with Crippen molar-refractivity contribution in [3.8, 4) is 5.75 Å². The fourth-order valence-corrected chi connectivity index (χ4v) is 3.27. The van der Waals surface area contributed by atoms with E-state index in [1.807, 2.05) is 4.90 Å². The van der Waals surface area contributed by atoms with Gasteiger partial charge in [0.25, 0.3) is 0 Å². The van der Waals surface area contributed by atoms with E-state index in [0.717, 1.165) is 5.56 Å². The van der Waals surface area contributed by atoms with Crippen molar-refractivity contribution >= 4 is 23.7 Å². The maximum atomic E-state index is 12.4. The minimum atomic E-state index is -1.16.